The van der Waals surface area contributed by atoms with Gasteiger partial charge in [-0.1, -0.05) is 0 Å². The third-order valence-electron chi connectivity index (χ3n) is 2.81. The monoisotopic (exact) mass is 242 g/mol. The summed E-state index contributed by atoms with van der Waals surface area (Å²) in [6.45, 7) is 3.28. The molecule has 1 aliphatic rings. The predicted octanol–water partition coefficient (Wildman–Crippen LogP) is 2.84. The molecule has 2 nitrogen and oxygen atoms in total. The first-order valence-electron chi connectivity index (χ1n) is 4.79. The van der Waals surface area contributed by atoms with E-state index in [-0.39, 0.29) is 0 Å². The first-order valence-corrected chi connectivity index (χ1v) is 5.58. The smallest absolute Gasteiger partial charge is 0.0897 e. The van der Waals surface area contributed by atoms with Crippen molar-refractivity contribution < 1.29 is 0 Å². The van der Waals surface area contributed by atoms with E-state index in [2.05, 4.69) is 39.8 Å². The molecular formula is C10H15BrN2. The molecule has 1 N–H and O–H groups in total. The lowest BCUT2D eigenvalue weighted by atomic mass is 10.2. The van der Waals surface area contributed by atoms with Crippen LogP contribution < -0.4 is 5.32 Å². The van der Waals surface area contributed by atoms with E-state index >= 15 is 0 Å². The van der Waals surface area contributed by atoms with Crippen molar-refractivity contribution in [2.75, 3.05) is 11.9 Å². The molecule has 1 aromatic rings. The van der Waals surface area contributed by atoms with Crippen molar-refractivity contribution in [2.45, 2.75) is 26.2 Å². The number of fused-ring (bicyclic) bond motifs is 1. The number of anilines is 1. The van der Waals surface area contributed by atoms with E-state index in [0.717, 1.165) is 6.54 Å². The highest BCUT2D eigenvalue weighted by Gasteiger charge is 2.17. The molecule has 0 bridgehead atoms. The summed E-state index contributed by atoms with van der Waals surface area (Å²) in [5.41, 5.74) is 4.15. The summed E-state index contributed by atoms with van der Waals surface area (Å²) in [6, 6.07) is 0. The quantitative estimate of drug-likeness (QED) is 0.741. The largest absolute Gasteiger partial charge is 0.383 e. The van der Waals surface area contributed by atoms with Crippen LogP contribution in [0.5, 0.6) is 0 Å². The molecule has 2 rings (SSSR count). The van der Waals surface area contributed by atoms with E-state index in [1.807, 2.05) is 0 Å². The maximum Gasteiger partial charge on any atom is 0.0897 e. The Morgan fingerprint density at radius 3 is 2.92 bits per heavy atom. The van der Waals surface area contributed by atoms with E-state index in [9.17, 15) is 0 Å². The third kappa shape index (κ3) is 1.39. The van der Waals surface area contributed by atoms with Crippen LogP contribution in [0.25, 0.3) is 0 Å². The standard InChI is InChI=1S/C10H15BrN2/c1-7-9-8(13(2)10(7)11)5-3-4-6-12-9/h12H,3-6H2,1-2H3. The zero-order valence-corrected chi connectivity index (χ0v) is 9.74. The topological polar surface area (TPSA) is 17.0 Å². The minimum atomic E-state index is 1.12. The Labute approximate surface area is 87.5 Å². The van der Waals surface area contributed by atoms with Crippen LogP contribution in [0.4, 0.5) is 5.69 Å². The van der Waals surface area contributed by atoms with Gasteiger partial charge in [0.1, 0.15) is 0 Å². The van der Waals surface area contributed by atoms with Crippen LogP contribution in [0.1, 0.15) is 24.1 Å². The zero-order chi connectivity index (χ0) is 9.42. The first-order chi connectivity index (χ1) is 6.22. The van der Waals surface area contributed by atoms with Gasteiger partial charge in [-0.05, 0) is 42.1 Å². The van der Waals surface area contributed by atoms with Crippen molar-refractivity contribution in [3.8, 4) is 0 Å². The molecule has 0 saturated heterocycles. The van der Waals surface area contributed by atoms with Gasteiger partial charge in [-0.15, -0.1) is 0 Å². The van der Waals surface area contributed by atoms with Crippen molar-refractivity contribution in [3.63, 3.8) is 0 Å². The predicted molar refractivity (Wildman–Crippen MR) is 59.3 cm³/mol. The second-order valence-electron chi connectivity index (χ2n) is 3.68. The summed E-state index contributed by atoms with van der Waals surface area (Å²) < 4.78 is 3.47. The molecular weight excluding hydrogens is 228 g/mol. The van der Waals surface area contributed by atoms with Gasteiger partial charge in [-0.25, -0.2) is 0 Å². The fraction of sp³-hybridized carbons (Fsp3) is 0.600. The van der Waals surface area contributed by atoms with Crippen molar-refractivity contribution in [3.05, 3.63) is 15.9 Å². The SMILES string of the molecule is Cc1c2c(n(C)c1Br)CCCCN2. The summed E-state index contributed by atoms with van der Waals surface area (Å²) >= 11 is 3.61. The summed E-state index contributed by atoms with van der Waals surface area (Å²) in [4.78, 5) is 0. The third-order valence-corrected chi connectivity index (χ3v) is 3.94. The van der Waals surface area contributed by atoms with Crippen LogP contribution in [0.15, 0.2) is 4.60 Å². The average Bonchev–Trinajstić information content (AvgIpc) is 2.40. The van der Waals surface area contributed by atoms with Crippen LogP contribution >= 0.6 is 15.9 Å². The molecule has 0 atom stereocenters. The highest BCUT2D eigenvalue weighted by Crippen LogP contribution is 2.33. The summed E-state index contributed by atoms with van der Waals surface area (Å²) in [5, 5.41) is 3.50. The molecule has 3 heteroatoms. The summed E-state index contributed by atoms with van der Waals surface area (Å²) in [6.07, 6.45) is 3.78. The van der Waals surface area contributed by atoms with Gasteiger partial charge >= 0.3 is 0 Å². The molecule has 0 saturated carbocycles. The second kappa shape index (κ2) is 3.37. The molecule has 1 aliphatic heterocycles. The van der Waals surface area contributed by atoms with Gasteiger partial charge in [0.25, 0.3) is 0 Å². The Hall–Kier alpha value is -0.440. The maximum absolute atomic E-state index is 3.61. The number of aromatic nitrogens is 1. The molecule has 0 amide bonds. The van der Waals surface area contributed by atoms with Gasteiger partial charge in [-0.3, -0.25) is 0 Å². The molecule has 0 aromatic carbocycles. The van der Waals surface area contributed by atoms with Gasteiger partial charge < -0.3 is 9.88 Å². The van der Waals surface area contributed by atoms with E-state index in [1.165, 1.54) is 40.8 Å². The van der Waals surface area contributed by atoms with Crippen LogP contribution in [0.2, 0.25) is 0 Å². The Kier molecular flexibility index (Phi) is 2.37. The van der Waals surface area contributed by atoms with Crippen molar-refractivity contribution >= 4 is 21.6 Å². The highest BCUT2D eigenvalue weighted by atomic mass is 79.9. The fourth-order valence-electron chi connectivity index (χ4n) is 2.02. The minimum absolute atomic E-state index is 1.12. The fourth-order valence-corrected chi connectivity index (χ4v) is 2.43. The lowest BCUT2D eigenvalue weighted by Gasteiger charge is -2.03. The molecule has 0 fully saturated rings. The highest BCUT2D eigenvalue weighted by molar-refractivity contribution is 9.10. The number of rotatable bonds is 0. The van der Waals surface area contributed by atoms with Crippen molar-refractivity contribution in [2.24, 2.45) is 7.05 Å². The van der Waals surface area contributed by atoms with Crippen LogP contribution in [0, 0.1) is 6.92 Å². The molecule has 2 heterocycles. The van der Waals surface area contributed by atoms with Crippen LogP contribution in [0.3, 0.4) is 0 Å². The normalized spacial score (nSPS) is 16.2. The summed E-state index contributed by atoms with van der Waals surface area (Å²) in [7, 11) is 2.13. The Bertz CT molecular complexity index is 299. The van der Waals surface area contributed by atoms with Gasteiger partial charge in [0.05, 0.1) is 10.3 Å². The number of nitrogens with one attached hydrogen (secondary N) is 1. The van der Waals surface area contributed by atoms with Gasteiger partial charge in [0, 0.05) is 24.8 Å². The second-order valence-corrected chi connectivity index (χ2v) is 4.43. The zero-order valence-electron chi connectivity index (χ0n) is 8.15. The van der Waals surface area contributed by atoms with Gasteiger partial charge in [0.2, 0.25) is 0 Å². The lowest BCUT2D eigenvalue weighted by molar-refractivity contribution is 0.730. The number of nitrogens with zero attached hydrogens (tertiary/aromatic N) is 1. The van der Waals surface area contributed by atoms with Gasteiger partial charge in [0.15, 0.2) is 0 Å². The van der Waals surface area contributed by atoms with Crippen LogP contribution in [-0.2, 0) is 13.5 Å². The Balaban J connectivity index is 2.52. The lowest BCUT2D eigenvalue weighted by Crippen LogP contribution is -1.99. The van der Waals surface area contributed by atoms with E-state index in [0.29, 0.717) is 0 Å². The van der Waals surface area contributed by atoms with E-state index in [4.69, 9.17) is 0 Å². The summed E-state index contributed by atoms with van der Waals surface area (Å²) in [5.74, 6) is 0. The van der Waals surface area contributed by atoms with Crippen LogP contribution in [-0.4, -0.2) is 11.1 Å². The molecule has 1 aromatic heterocycles. The molecule has 13 heavy (non-hydrogen) atoms. The van der Waals surface area contributed by atoms with Crippen molar-refractivity contribution in [1.29, 1.82) is 0 Å². The molecule has 72 valence electrons. The molecule has 0 unspecified atom stereocenters. The minimum Gasteiger partial charge on any atom is -0.383 e. The molecule has 0 radical (unpaired) electrons. The number of hydrogen-bond acceptors (Lipinski definition) is 1. The molecule has 0 spiro atoms. The average molecular weight is 243 g/mol. The Morgan fingerprint density at radius 2 is 2.15 bits per heavy atom. The van der Waals surface area contributed by atoms with Crippen molar-refractivity contribution in [1.82, 2.24) is 4.57 Å². The Morgan fingerprint density at radius 1 is 1.38 bits per heavy atom. The number of halogens is 1. The van der Waals surface area contributed by atoms with E-state index < -0.39 is 0 Å². The maximum atomic E-state index is 3.61. The van der Waals surface area contributed by atoms with E-state index in [1.54, 1.807) is 0 Å². The molecule has 0 aliphatic carbocycles. The van der Waals surface area contributed by atoms with Gasteiger partial charge in [-0.2, -0.15) is 0 Å². The first kappa shape index (κ1) is 9.13. The number of hydrogen-bond donors (Lipinski definition) is 1.